The largest absolute Gasteiger partial charge is 0.480 e. The molecule has 5 nitrogen and oxygen atoms in total. The Morgan fingerprint density at radius 2 is 2.07 bits per heavy atom. The first-order valence-corrected chi connectivity index (χ1v) is 4.97. The van der Waals surface area contributed by atoms with Crippen LogP contribution in [-0.2, 0) is 9.59 Å². The number of rotatable bonds is 2. The van der Waals surface area contributed by atoms with Gasteiger partial charge in [-0.25, -0.2) is 4.79 Å². The predicted molar refractivity (Wildman–Crippen MR) is 48.8 cm³/mol. The van der Waals surface area contributed by atoms with Crippen LogP contribution in [0.25, 0.3) is 0 Å². The number of nitrogens with zero attached hydrogens (tertiary/aromatic N) is 1. The van der Waals surface area contributed by atoms with Crippen molar-refractivity contribution in [2.45, 2.75) is 31.3 Å². The van der Waals surface area contributed by atoms with Crippen LogP contribution in [0.15, 0.2) is 0 Å². The maximum absolute atomic E-state index is 11.7. The molecule has 2 rings (SSSR count). The molecule has 78 valence electrons. The van der Waals surface area contributed by atoms with Crippen molar-refractivity contribution in [2.24, 2.45) is 0 Å². The van der Waals surface area contributed by atoms with Gasteiger partial charge in [-0.15, -0.1) is 0 Å². The van der Waals surface area contributed by atoms with E-state index in [0.717, 1.165) is 19.4 Å². The third kappa shape index (κ3) is 1.48. The normalized spacial score (nSPS) is 31.3. The molecule has 2 N–H and O–H groups in total. The van der Waals surface area contributed by atoms with E-state index in [9.17, 15) is 9.59 Å². The molecular formula is C9H14N2O3. The van der Waals surface area contributed by atoms with E-state index in [1.165, 1.54) is 4.90 Å². The summed E-state index contributed by atoms with van der Waals surface area (Å²) in [6.07, 6.45) is 2.23. The average Bonchev–Trinajstić information content (AvgIpc) is 2.47. The van der Waals surface area contributed by atoms with E-state index in [4.69, 9.17) is 5.11 Å². The minimum absolute atomic E-state index is 0.0406. The Hall–Kier alpha value is -1.10. The maximum atomic E-state index is 11.7. The van der Waals surface area contributed by atoms with Crippen molar-refractivity contribution < 1.29 is 14.7 Å². The monoisotopic (exact) mass is 198 g/mol. The number of carbonyl (C=O) groups excluding carboxylic acids is 1. The quantitative estimate of drug-likeness (QED) is 0.623. The summed E-state index contributed by atoms with van der Waals surface area (Å²) in [5.41, 5.74) is 0. The van der Waals surface area contributed by atoms with Gasteiger partial charge in [-0.2, -0.15) is 0 Å². The fourth-order valence-electron chi connectivity index (χ4n) is 1.99. The van der Waals surface area contributed by atoms with Crippen LogP contribution in [0, 0.1) is 0 Å². The van der Waals surface area contributed by atoms with Gasteiger partial charge in [0.05, 0.1) is 6.04 Å². The highest BCUT2D eigenvalue weighted by Crippen LogP contribution is 2.20. The van der Waals surface area contributed by atoms with Crippen LogP contribution in [0.1, 0.15) is 19.3 Å². The van der Waals surface area contributed by atoms with Gasteiger partial charge < -0.3 is 15.3 Å². The average molecular weight is 198 g/mol. The van der Waals surface area contributed by atoms with Gasteiger partial charge in [0.15, 0.2) is 0 Å². The second kappa shape index (κ2) is 3.57. The Morgan fingerprint density at radius 3 is 2.57 bits per heavy atom. The molecule has 2 atom stereocenters. The summed E-state index contributed by atoms with van der Waals surface area (Å²) in [5, 5.41) is 11.9. The molecule has 0 aromatic rings. The van der Waals surface area contributed by atoms with Crippen molar-refractivity contribution in [1.29, 1.82) is 0 Å². The molecule has 0 saturated carbocycles. The Kier molecular flexibility index (Phi) is 2.41. The standard InChI is InChI=1S/C9H14N2O3/c12-8(6-3-4-10-6)11-5-1-2-7(11)9(13)14/h6-7,10H,1-5H2,(H,13,14)/t6?,7-/m0/s1. The molecule has 2 saturated heterocycles. The van der Waals surface area contributed by atoms with Crippen LogP contribution in [0.4, 0.5) is 0 Å². The molecule has 0 spiro atoms. The molecule has 0 bridgehead atoms. The Morgan fingerprint density at radius 1 is 1.36 bits per heavy atom. The van der Waals surface area contributed by atoms with Crippen molar-refractivity contribution in [3.05, 3.63) is 0 Å². The summed E-state index contributed by atoms with van der Waals surface area (Å²) in [6, 6.07) is -0.722. The number of hydrogen-bond donors (Lipinski definition) is 2. The van der Waals surface area contributed by atoms with Crippen molar-refractivity contribution in [2.75, 3.05) is 13.1 Å². The maximum Gasteiger partial charge on any atom is 0.326 e. The zero-order valence-electron chi connectivity index (χ0n) is 7.90. The van der Waals surface area contributed by atoms with Crippen LogP contribution >= 0.6 is 0 Å². The van der Waals surface area contributed by atoms with Crippen molar-refractivity contribution in [3.8, 4) is 0 Å². The highest BCUT2D eigenvalue weighted by molar-refractivity contribution is 5.88. The van der Waals surface area contributed by atoms with Gasteiger partial charge in [0, 0.05) is 6.54 Å². The van der Waals surface area contributed by atoms with E-state index in [1.54, 1.807) is 0 Å². The molecule has 1 amide bonds. The van der Waals surface area contributed by atoms with E-state index >= 15 is 0 Å². The lowest BCUT2D eigenvalue weighted by Gasteiger charge is -2.32. The van der Waals surface area contributed by atoms with E-state index in [1.807, 2.05) is 0 Å². The molecule has 2 aliphatic rings. The number of likely N-dealkylation sites (tertiary alicyclic amines) is 1. The van der Waals surface area contributed by atoms with E-state index in [0.29, 0.717) is 13.0 Å². The van der Waals surface area contributed by atoms with Gasteiger partial charge >= 0.3 is 5.97 Å². The van der Waals surface area contributed by atoms with Crippen LogP contribution in [0.2, 0.25) is 0 Å². The van der Waals surface area contributed by atoms with Gasteiger partial charge in [0.2, 0.25) is 5.91 Å². The third-order valence-electron chi connectivity index (χ3n) is 2.94. The first-order valence-electron chi connectivity index (χ1n) is 4.97. The number of carbonyl (C=O) groups is 2. The summed E-state index contributed by atoms with van der Waals surface area (Å²) >= 11 is 0. The number of amides is 1. The van der Waals surface area contributed by atoms with Crippen molar-refractivity contribution >= 4 is 11.9 Å². The first kappa shape index (κ1) is 9.45. The van der Waals surface area contributed by atoms with Gasteiger partial charge in [0.1, 0.15) is 6.04 Å². The third-order valence-corrected chi connectivity index (χ3v) is 2.94. The molecule has 14 heavy (non-hydrogen) atoms. The number of nitrogens with one attached hydrogen (secondary N) is 1. The Balaban J connectivity index is 2.01. The van der Waals surface area contributed by atoms with Crippen LogP contribution in [0.5, 0.6) is 0 Å². The number of hydrogen-bond acceptors (Lipinski definition) is 3. The van der Waals surface area contributed by atoms with E-state index in [-0.39, 0.29) is 11.9 Å². The minimum atomic E-state index is -0.879. The van der Waals surface area contributed by atoms with Gasteiger partial charge in [0.25, 0.3) is 0 Å². The van der Waals surface area contributed by atoms with Crippen LogP contribution < -0.4 is 5.32 Å². The minimum Gasteiger partial charge on any atom is -0.480 e. The number of carboxylic acid groups (broad SMARTS) is 1. The lowest BCUT2D eigenvalue weighted by Crippen LogP contribution is -2.56. The highest BCUT2D eigenvalue weighted by Gasteiger charge is 2.38. The predicted octanol–water partition coefficient (Wildman–Crippen LogP) is -0.576. The molecular weight excluding hydrogens is 184 g/mol. The zero-order chi connectivity index (χ0) is 10.1. The van der Waals surface area contributed by atoms with E-state index in [2.05, 4.69) is 5.32 Å². The van der Waals surface area contributed by atoms with Gasteiger partial charge in [-0.1, -0.05) is 0 Å². The highest BCUT2D eigenvalue weighted by atomic mass is 16.4. The summed E-state index contributed by atoms with van der Waals surface area (Å²) in [4.78, 5) is 24.1. The van der Waals surface area contributed by atoms with Crippen LogP contribution in [0.3, 0.4) is 0 Å². The van der Waals surface area contributed by atoms with Crippen molar-refractivity contribution in [1.82, 2.24) is 10.2 Å². The molecule has 2 aliphatic heterocycles. The topological polar surface area (TPSA) is 69.6 Å². The Bertz CT molecular complexity index is 263. The lowest BCUT2D eigenvalue weighted by molar-refractivity contribution is -0.149. The van der Waals surface area contributed by atoms with Crippen molar-refractivity contribution in [3.63, 3.8) is 0 Å². The van der Waals surface area contributed by atoms with Crippen LogP contribution in [-0.4, -0.2) is 47.1 Å². The molecule has 0 aromatic carbocycles. The Labute approximate surface area is 82.1 Å². The smallest absolute Gasteiger partial charge is 0.326 e. The number of carboxylic acids is 1. The summed E-state index contributed by atoms with van der Waals surface area (Å²) in [6.45, 7) is 1.45. The SMILES string of the molecule is O=C(O)[C@@H]1CCCN1C(=O)C1CCN1. The van der Waals surface area contributed by atoms with E-state index < -0.39 is 12.0 Å². The first-order chi connectivity index (χ1) is 6.70. The lowest BCUT2D eigenvalue weighted by atomic mass is 10.1. The molecule has 2 fully saturated rings. The summed E-state index contributed by atoms with van der Waals surface area (Å²) < 4.78 is 0. The number of aliphatic carboxylic acids is 1. The molecule has 1 unspecified atom stereocenters. The fraction of sp³-hybridized carbons (Fsp3) is 0.778. The molecule has 5 heteroatoms. The fourth-order valence-corrected chi connectivity index (χ4v) is 1.99. The van der Waals surface area contributed by atoms with Gasteiger partial charge in [-0.05, 0) is 25.8 Å². The summed E-state index contributed by atoms with van der Waals surface area (Å²) in [7, 11) is 0. The molecule has 0 aromatic heterocycles. The van der Waals surface area contributed by atoms with Gasteiger partial charge in [-0.3, -0.25) is 4.79 Å². The molecule has 2 heterocycles. The zero-order valence-corrected chi connectivity index (χ0v) is 7.90. The second-order valence-corrected chi connectivity index (χ2v) is 3.82. The molecule has 0 radical (unpaired) electrons. The summed E-state index contributed by atoms with van der Waals surface area (Å²) in [5.74, 6) is -0.920. The second-order valence-electron chi connectivity index (χ2n) is 3.82. The molecule has 0 aliphatic carbocycles.